The lowest BCUT2D eigenvalue weighted by Gasteiger charge is -2.08. The fraction of sp³-hybridized carbons (Fsp3) is 0.0526. The molecule has 1 N–H and O–H groups in total. The summed E-state index contributed by atoms with van der Waals surface area (Å²) in [7, 11) is 0. The highest BCUT2D eigenvalue weighted by molar-refractivity contribution is 5.80. The monoisotopic (exact) mass is 362 g/mol. The minimum absolute atomic E-state index is 0.0194. The van der Waals surface area contributed by atoms with Crippen LogP contribution in [0.15, 0.2) is 55.1 Å². The second-order valence-electron chi connectivity index (χ2n) is 6.12. The average molecular weight is 362 g/mol. The second-order valence-corrected chi connectivity index (χ2v) is 6.12. The number of rotatable bonds is 3. The Kier molecular flexibility index (Phi) is 3.43. The molecule has 132 valence electrons. The summed E-state index contributed by atoms with van der Waals surface area (Å²) >= 11 is 0. The minimum atomic E-state index is -0.639. The number of nitrogens with zero attached hydrogens (tertiary/aromatic N) is 5. The number of aromatic amines is 1. The summed E-state index contributed by atoms with van der Waals surface area (Å²) in [5.74, 6) is -1.25. The zero-order valence-corrected chi connectivity index (χ0v) is 13.9. The van der Waals surface area contributed by atoms with Crippen molar-refractivity contribution in [2.75, 3.05) is 0 Å². The number of imidazole rings is 1. The van der Waals surface area contributed by atoms with Crippen LogP contribution in [0.1, 0.15) is 11.3 Å². The van der Waals surface area contributed by atoms with Gasteiger partial charge in [-0.05, 0) is 24.3 Å². The van der Waals surface area contributed by atoms with Crippen molar-refractivity contribution < 1.29 is 8.78 Å². The van der Waals surface area contributed by atoms with E-state index in [1.54, 1.807) is 41.3 Å². The van der Waals surface area contributed by atoms with Gasteiger partial charge < -0.3 is 0 Å². The van der Waals surface area contributed by atoms with Gasteiger partial charge in [0.2, 0.25) is 0 Å². The molecule has 0 radical (unpaired) electrons. The van der Waals surface area contributed by atoms with E-state index in [1.165, 1.54) is 12.3 Å². The highest BCUT2D eigenvalue weighted by Crippen LogP contribution is 2.25. The number of hydrogen-bond donors (Lipinski definition) is 1. The van der Waals surface area contributed by atoms with Crippen LogP contribution in [0.2, 0.25) is 0 Å². The maximum absolute atomic E-state index is 14.9. The summed E-state index contributed by atoms with van der Waals surface area (Å²) in [6.07, 6.45) is 6.48. The van der Waals surface area contributed by atoms with Crippen molar-refractivity contribution in [2.24, 2.45) is 0 Å². The van der Waals surface area contributed by atoms with E-state index in [0.29, 0.717) is 17.0 Å². The molecule has 27 heavy (non-hydrogen) atoms. The lowest BCUT2D eigenvalue weighted by Crippen LogP contribution is -2.04. The largest absolute Gasteiger partial charge is 0.285 e. The Labute approximate surface area is 151 Å². The van der Waals surface area contributed by atoms with Crippen molar-refractivity contribution in [2.45, 2.75) is 6.42 Å². The van der Waals surface area contributed by atoms with Crippen LogP contribution in [0.4, 0.5) is 8.78 Å². The number of fused-ring (bicyclic) bond motifs is 2. The molecule has 0 aliphatic carbocycles. The topological polar surface area (TPSA) is 71.8 Å². The molecule has 1 aromatic carbocycles. The fourth-order valence-electron chi connectivity index (χ4n) is 3.12. The molecule has 5 rings (SSSR count). The molecule has 0 amide bonds. The Hall–Kier alpha value is -3.68. The highest BCUT2D eigenvalue weighted by Gasteiger charge is 2.17. The van der Waals surface area contributed by atoms with Crippen molar-refractivity contribution in [3.05, 3.63) is 78.0 Å². The molecule has 8 heteroatoms. The molecular weight excluding hydrogens is 350 g/mol. The van der Waals surface area contributed by atoms with E-state index in [4.69, 9.17) is 0 Å². The summed E-state index contributed by atoms with van der Waals surface area (Å²) in [5, 5.41) is 11.5. The van der Waals surface area contributed by atoms with Crippen LogP contribution >= 0.6 is 0 Å². The molecule has 0 fully saturated rings. The average Bonchev–Trinajstić information content (AvgIpc) is 3.35. The van der Waals surface area contributed by atoms with Gasteiger partial charge in [0.05, 0.1) is 29.3 Å². The van der Waals surface area contributed by atoms with Gasteiger partial charge in [0.25, 0.3) is 0 Å². The van der Waals surface area contributed by atoms with Crippen molar-refractivity contribution in [1.29, 1.82) is 0 Å². The number of nitrogens with one attached hydrogen (secondary N) is 1. The zero-order chi connectivity index (χ0) is 18.4. The summed E-state index contributed by atoms with van der Waals surface area (Å²) in [4.78, 5) is 8.29. The Bertz CT molecular complexity index is 1280. The summed E-state index contributed by atoms with van der Waals surface area (Å²) in [5.41, 5.74) is 2.92. The van der Waals surface area contributed by atoms with E-state index in [9.17, 15) is 8.78 Å². The van der Waals surface area contributed by atoms with Gasteiger partial charge in [0.1, 0.15) is 11.6 Å². The number of benzene rings is 1. The molecule has 0 unspecified atom stereocenters. The standard InChI is InChI=1S/C19H12F2N6/c20-15-7-17-13(2-1-5-22-17)19(21)14(15)6-12-10-23-18-4-3-16(26-27(12)18)11-8-24-25-9-11/h1-5,7-10H,6H2,(H,24,25). The molecule has 0 saturated heterocycles. The first kappa shape index (κ1) is 15.6. The van der Waals surface area contributed by atoms with Gasteiger partial charge in [-0.1, -0.05) is 0 Å². The number of aromatic nitrogens is 6. The van der Waals surface area contributed by atoms with Gasteiger partial charge in [-0.2, -0.15) is 10.2 Å². The predicted molar refractivity (Wildman–Crippen MR) is 95.0 cm³/mol. The van der Waals surface area contributed by atoms with E-state index in [1.807, 2.05) is 6.07 Å². The highest BCUT2D eigenvalue weighted by atomic mass is 19.1. The normalized spacial score (nSPS) is 11.5. The Morgan fingerprint density at radius 1 is 1.07 bits per heavy atom. The first-order valence-corrected chi connectivity index (χ1v) is 8.25. The van der Waals surface area contributed by atoms with Crippen molar-refractivity contribution >= 4 is 16.6 Å². The third-order valence-electron chi connectivity index (χ3n) is 4.48. The van der Waals surface area contributed by atoms with Gasteiger partial charge >= 0.3 is 0 Å². The molecule has 0 saturated carbocycles. The van der Waals surface area contributed by atoms with Crippen LogP contribution in [0.3, 0.4) is 0 Å². The van der Waals surface area contributed by atoms with Crippen LogP contribution in [0.5, 0.6) is 0 Å². The van der Waals surface area contributed by atoms with E-state index in [0.717, 1.165) is 5.56 Å². The molecule has 0 atom stereocenters. The molecule has 5 aromatic rings. The van der Waals surface area contributed by atoms with Crippen LogP contribution in [0.25, 0.3) is 27.8 Å². The molecule has 0 bridgehead atoms. The number of halogens is 2. The number of hydrogen-bond acceptors (Lipinski definition) is 4. The van der Waals surface area contributed by atoms with Gasteiger partial charge in [0.15, 0.2) is 5.65 Å². The molecule has 6 nitrogen and oxygen atoms in total. The Balaban J connectivity index is 1.63. The molecule has 0 spiro atoms. The quantitative estimate of drug-likeness (QED) is 0.533. The molecule has 0 aliphatic rings. The summed E-state index contributed by atoms with van der Waals surface area (Å²) in [6.45, 7) is 0. The summed E-state index contributed by atoms with van der Waals surface area (Å²) in [6, 6.07) is 8.08. The minimum Gasteiger partial charge on any atom is -0.285 e. The smallest absolute Gasteiger partial charge is 0.153 e. The van der Waals surface area contributed by atoms with Crippen molar-refractivity contribution in [3.8, 4) is 11.3 Å². The third kappa shape index (κ3) is 2.53. The number of pyridine rings is 1. The number of H-pyrrole nitrogens is 1. The molecular formula is C19H12F2N6. The van der Waals surface area contributed by atoms with Crippen LogP contribution in [-0.2, 0) is 6.42 Å². The molecule has 0 aliphatic heterocycles. The maximum Gasteiger partial charge on any atom is 0.153 e. The first-order chi connectivity index (χ1) is 13.2. The molecule has 4 aromatic heterocycles. The van der Waals surface area contributed by atoms with Crippen LogP contribution < -0.4 is 0 Å². The van der Waals surface area contributed by atoms with Crippen LogP contribution in [-0.4, -0.2) is 29.8 Å². The van der Waals surface area contributed by atoms with E-state index >= 15 is 0 Å². The summed E-state index contributed by atoms with van der Waals surface area (Å²) < 4.78 is 31.0. The SMILES string of the molecule is Fc1cc2ncccc2c(F)c1Cc1cnc2ccc(-c3cn[nH]c3)nn12. The lowest BCUT2D eigenvalue weighted by atomic mass is 10.0. The van der Waals surface area contributed by atoms with Crippen molar-refractivity contribution in [1.82, 2.24) is 29.8 Å². The Morgan fingerprint density at radius 2 is 2.00 bits per heavy atom. The van der Waals surface area contributed by atoms with Gasteiger partial charge in [0, 0.05) is 41.4 Å². The van der Waals surface area contributed by atoms with E-state index in [2.05, 4.69) is 25.3 Å². The van der Waals surface area contributed by atoms with E-state index in [-0.39, 0.29) is 22.9 Å². The molecule has 4 heterocycles. The second kappa shape index (κ2) is 5.94. The van der Waals surface area contributed by atoms with Crippen molar-refractivity contribution in [3.63, 3.8) is 0 Å². The lowest BCUT2D eigenvalue weighted by molar-refractivity contribution is 0.567. The Morgan fingerprint density at radius 3 is 2.85 bits per heavy atom. The van der Waals surface area contributed by atoms with Gasteiger partial charge in [-0.25, -0.2) is 18.3 Å². The van der Waals surface area contributed by atoms with Gasteiger partial charge in [-0.3, -0.25) is 10.1 Å². The zero-order valence-electron chi connectivity index (χ0n) is 13.9. The predicted octanol–water partition coefficient (Wildman–Crippen LogP) is 3.54. The van der Waals surface area contributed by atoms with E-state index < -0.39 is 11.6 Å². The fourth-order valence-corrected chi connectivity index (χ4v) is 3.12. The van der Waals surface area contributed by atoms with Gasteiger partial charge in [-0.15, -0.1) is 0 Å². The first-order valence-electron chi connectivity index (χ1n) is 8.25. The maximum atomic E-state index is 14.9. The van der Waals surface area contributed by atoms with Crippen LogP contribution in [0, 0.1) is 11.6 Å². The third-order valence-corrected chi connectivity index (χ3v) is 4.48.